The molecule has 1 fully saturated rings. The molecule has 7 nitrogen and oxygen atoms in total. The van der Waals surface area contributed by atoms with Crippen LogP contribution in [0.25, 0.3) is 6.08 Å². The number of anilines is 1. The van der Waals surface area contributed by atoms with Gasteiger partial charge in [-0.05, 0) is 48.0 Å². The predicted octanol–water partition coefficient (Wildman–Crippen LogP) is 2.18. The second-order valence-electron chi connectivity index (χ2n) is 7.10. The van der Waals surface area contributed by atoms with Crippen molar-refractivity contribution in [2.45, 2.75) is 0 Å². The molecular weight excluding hydrogens is 416 g/mol. The standard InChI is InChI=1S/C23H25ClN4O3/c1-25-23(31)18-5-2-17(3-6-18)4-11-21(29)26-16-22(30)28-14-12-27(13-15-28)20-9-7-19(24)8-10-20/h2-11H,12-16H2,1H3,(H,25,31)(H,26,29)/b11-4+. The van der Waals surface area contributed by atoms with E-state index in [2.05, 4.69) is 15.5 Å². The fraction of sp³-hybridized carbons (Fsp3) is 0.261. The van der Waals surface area contributed by atoms with Crippen molar-refractivity contribution < 1.29 is 14.4 Å². The van der Waals surface area contributed by atoms with E-state index < -0.39 is 0 Å². The molecule has 162 valence electrons. The summed E-state index contributed by atoms with van der Waals surface area (Å²) in [6, 6.07) is 14.5. The first-order chi connectivity index (χ1) is 15.0. The van der Waals surface area contributed by atoms with Crippen LogP contribution >= 0.6 is 11.6 Å². The van der Waals surface area contributed by atoms with Gasteiger partial charge in [-0.3, -0.25) is 14.4 Å². The van der Waals surface area contributed by atoms with Crippen molar-refractivity contribution in [1.82, 2.24) is 15.5 Å². The molecule has 0 spiro atoms. The summed E-state index contributed by atoms with van der Waals surface area (Å²) in [5, 5.41) is 5.88. The smallest absolute Gasteiger partial charge is 0.251 e. The van der Waals surface area contributed by atoms with Gasteiger partial charge in [0.25, 0.3) is 5.91 Å². The molecule has 2 aromatic rings. The average molecular weight is 441 g/mol. The van der Waals surface area contributed by atoms with Gasteiger partial charge in [-0.2, -0.15) is 0 Å². The Labute approximate surface area is 186 Å². The molecule has 0 aliphatic carbocycles. The highest BCUT2D eigenvalue weighted by Gasteiger charge is 2.21. The summed E-state index contributed by atoms with van der Waals surface area (Å²) < 4.78 is 0. The van der Waals surface area contributed by atoms with Crippen molar-refractivity contribution in [1.29, 1.82) is 0 Å². The van der Waals surface area contributed by atoms with E-state index in [1.807, 2.05) is 24.3 Å². The number of piperazine rings is 1. The van der Waals surface area contributed by atoms with Crippen molar-refractivity contribution in [2.24, 2.45) is 0 Å². The zero-order valence-electron chi connectivity index (χ0n) is 17.3. The number of hydrogen-bond acceptors (Lipinski definition) is 4. The maximum Gasteiger partial charge on any atom is 0.251 e. The Kier molecular flexibility index (Phi) is 7.67. The van der Waals surface area contributed by atoms with Gasteiger partial charge >= 0.3 is 0 Å². The lowest BCUT2D eigenvalue weighted by atomic mass is 10.1. The van der Waals surface area contributed by atoms with Crippen LogP contribution in [-0.2, 0) is 9.59 Å². The van der Waals surface area contributed by atoms with Gasteiger partial charge in [0.05, 0.1) is 6.54 Å². The van der Waals surface area contributed by atoms with Crippen LogP contribution in [0.5, 0.6) is 0 Å². The van der Waals surface area contributed by atoms with Gasteiger partial charge in [-0.1, -0.05) is 23.7 Å². The van der Waals surface area contributed by atoms with E-state index in [9.17, 15) is 14.4 Å². The Balaban J connectivity index is 1.42. The molecule has 0 radical (unpaired) electrons. The summed E-state index contributed by atoms with van der Waals surface area (Å²) in [6.45, 7) is 2.62. The average Bonchev–Trinajstić information content (AvgIpc) is 2.81. The van der Waals surface area contributed by atoms with E-state index in [0.717, 1.165) is 24.3 Å². The lowest BCUT2D eigenvalue weighted by molar-refractivity contribution is -0.132. The maximum absolute atomic E-state index is 12.4. The lowest BCUT2D eigenvalue weighted by Gasteiger charge is -2.36. The summed E-state index contributed by atoms with van der Waals surface area (Å²) in [6.07, 6.45) is 3.01. The molecule has 8 heteroatoms. The normalized spacial score (nSPS) is 13.9. The Morgan fingerprint density at radius 1 is 0.968 bits per heavy atom. The van der Waals surface area contributed by atoms with E-state index in [1.165, 1.54) is 6.08 Å². The first kappa shape index (κ1) is 22.4. The number of benzene rings is 2. The predicted molar refractivity (Wildman–Crippen MR) is 122 cm³/mol. The quantitative estimate of drug-likeness (QED) is 0.674. The first-order valence-electron chi connectivity index (χ1n) is 10.0. The molecule has 2 aromatic carbocycles. The summed E-state index contributed by atoms with van der Waals surface area (Å²) in [7, 11) is 1.57. The van der Waals surface area contributed by atoms with Gasteiger partial charge in [0.2, 0.25) is 11.8 Å². The van der Waals surface area contributed by atoms with Gasteiger partial charge in [0.1, 0.15) is 0 Å². The lowest BCUT2D eigenvalue weighted by Crippen LogP contribution is -2.51. The molecule has 31 heavy (non-hydrogen) atoms. The number of halogens is 1. The Morgan fingerprint density at radius 2 is 1.61 bits per heavy atom. The Hall–Kier alpha value is -3.32. The number of carbonyl (C=O) groups excluding carboxylic acids is 3. The van der Waals surface area contributed by atoms with Crippen molar-refractivity contribution >= 4 is 41.1 Å². The molecule has 2 N–H and O–H groups in total. The topological polar surface area (TPSA) is 81.8 Å². The van der Waals surface area contributed by atoms with Gasteiger partial charge in [-0.15, -0.1) is 0 Å². The minimum absolute atomic E-state index is 0.0419. The molecule has 0 atom stereocenters. The third-order valence-corrected chi connectivity index (χ3v) is 5.32. The van der Waals surface area contributed by atoms with Crippen molar-refractivity contribution in [2.75, 3.05) is 44.7 Å². The number of carbonyl (C=O) groups is 3. The monoisotopic (exact) mass is 440 g/mol. The SMILES string of the molecule is CNC(=O)c1ccc(/C=C/C(=O)NCC(=O)N2CCN(c3ccc(Cl)cc3)CC2)cc1. The molecule has 1 aliphatic heterocycles. The summed E-state index contributed by atoms with van der Waals surface area (Å²) in [5.74, 6) is -0.614. The molecule has 0 bridgehead atoms. The number of nitrogens with one attached hydrogen (secondary N) is 2. The summed E-state index contributed by atoms with van der Waals surface area (Å²) in [5.41, 5.74) is 2.41. The highest BCUT2D eigenvalue weighted by atomic mass is 35.5. The van der Waals surface area contributed by atoms with Crippen LogP contribution in [-0.4, -0.2) is 62.4 Å². The summed E-state index contributed by atoms with van der Waals surface area (Å²) in [4.78, 5) is 39.9. The van der Waals surface area contributed by atoms with Gasteiger partial charge < -0.3 is 20.4 Å². The molecule has 3 amide bonds. The zero-order chi connectivity index (χ0) is 22.2. The number of nitrogens with zero attached hydrogens (tertiary/aromatic N) is 2. The van der Waals surface area contributed by atoms with Crippen LogP contribution in [0.15, 0.2) is 54.6 Å². The Bertz CT molecular complexity index is 950. The molecule has 1 saturated heterocycles. The molecule has 0 aromatic heterocycles. The fourth-order valence-electron chi connectivity index (χ4n) is 3.26. The Morgan fingerprint density at radius 3 is 2.23 bits per heavy atom. The summed E-state index contributed by atoms with van der Waals surface area (Å²) >= 11 is 5.93. The van der Waals surface area contributed by atoms with Crippen LogP contribution in [0.2, 0.25) is 5.02 Å². The second-order valence-corrected chi connectivity index (χ2v) is 7.53. The van der Waals surface area contributed by atoms with Crippen molar-refractivity contribution in [3.05, 3.63) is 70.8 Å². The molecule has 3 rings (SSSR count). The molecule has 1 heterocycles. The largest absolute Gasteiger partial charge is 0.368 e. The van der Waals surface area contributed by atoms with Crippen molar-refractivity contribution in [3.63, 3.8) is 0 Å². The number of hydrogen-bond donors (Lipinski definition) is 2. The maximum atomic E-state index is 12.4. The fourth-order valence-corrected chi connectivity index (χ4v) is 3.39. The second kappa shape index (κ2) is 10.6. The van der Waals surface area contributed by atoms with Crippen LogP contribution in [0, 0.1) is 0 Å². The number of rotatable bonds is 6. The number of amides is 3. The van der Waals surface area contributed by atoms with Gasteiger partial charge in [0.15, 0.2) is 0 Å². The first-order valence-corrected chi connectivity index (χ1v) is 10.4. The van der Waals surface area contributed by atoms with E-state index >= 15 is 0 Å². The third kappa shape index (κ3) is 6.33. The third-order valence-electron chi connectivity index (χ3n) is 5.07. The molecular formula is C23H25ClN4O3. The highest BCUT2D eigenvalue weighted by molar-refractivity contribution is 6.30. The van der Waals surface area contributed by atoms with E-state index in [-0.39, 0.29) is 24.3 Å². The zero-order valence-corrected chi connectivity index (χ0v) is 18.1. The van der Waals surface area contributed by atoms with E-state index in [0.29, 0.717) is 23.7 Å². The van der Waals surface area contributed by atoms with Gasteiger partial charge in [0, 0.05) is 55.6 Å². The van der Waals surface area contributed by atoms with Crippen LogP contribution < -0.4 is 15.5 Å². The van der Waals surface area contributed by atoms with Crippen LogP contribution in [0.1, 0.15) is 15.9 Å². The minimum Gasteiger partial charge on any atom is -0.368 e. The van der Waals surface area contributed by atoms with E-state index in [1.54, 1.807) is 42.3 Å². The molecule has 0 saturated carbocycles. The van der Waals surface area contributed by atoms with Crippen LogP contribution in [0.3, 0.4) is 0 Å². The minimum atomic E-state index is -0.344. The highest BCUT2D eigenvalue weighted by Crippen LogP contribution is 2.19. The molecule has 0 unspecified atom stereocenters. The van der Waals surface area contributed by atoms with Crippen LogP contribution in [0.4, 0.5) is 5.69 Å². The van der Waals surface area contributed by atoms with E-state index in [4.69, 9.17) is 11.6 Å². The van der Waals surface area contributed by atoms with Crippen molar-refractivity contribution in [3.8, 4) is 0 Å². The van der Waals surface area contributed by atoms with Gasteiger partial charge in [-0.25, -0.2) is 0 Å². The molecule has 1 aliphatic rings.